The molecule has 4 atom stereocenters. The normalized spacial score (nSPS) is 28.8. The molecule has 0 aliphatic carbocycles. The van der Waals surface area contributed by atoms with Crippen LogP contribution in [0.4, 0.5) is 0 Å². The summed E-state index contributed by atoms with van der Waals surface area (Å²) in [6, 6.07) is 10.8. The van der Waals surface area contributed by atoms with E-state index in [-0.39, 0.29) is 18.0 Å². The quantitative estimate of drug-likeness (QED) is 0.808. The maximum absolute atomic E-state index is 13.1. The lowest BCUT2D eigenvalue weighted by Gasteiger charge is -2.56. The van der Waals surface area contributed by atoms with E-state index in [1.165, 1.54) is 5.56 Å². The van der Waals surface area contributed by atoms with Gasteiger partial charge in [-0.15, -0.1) is 0 Å². The number of carbonyl (C=O) groups excluding carboxylic acids is 2. The lowest BCUT2D eigenvalue weighted by molar-refractivity contribution is -0.151. The molecule has 3 aliphatic rings. The van der Waals surface area contributed by atoms with Crippen LogP contribution in [0, 0.1) is 11.8 Å². The van der Waals surface area contributed by atoms with Crippen molar-refractivity contribution in [1.82, 2.24) is 19.8 Å². The molecule has 4 heterocycles. The van der Waals surface area contributed by atoms with Gasteiger partial charge in [-0.2, -0.15) is 0 Å². The Balaban J connectivity index is 1.44. The minimum absolute atomic E-state index is 0.0400. The molecular formula is C23H26N4O2. The highest BCUT2D eigenvalue weighted by molar-refractivity contribution is 5.92. The van der Waals surface area contributed by atoms with Crippen molar-refractivity contribution in [2.45, 2.75) is 44.2 Å². The number of hydrogen-bond donors (Lipinski definition) is 0. The molecule has 6 nitrogen and oxygen atoms in total. The van der Waals surface area contributed by atoms with Crippen molar-refractivity contribution in [2.24, 2.45) is 11.8 Å². The third-order valence-corrected chi connectivity index (χ3v) is 6.85. The zero-order valence-electron chi connectivity index (χ0n) is 16.5. The van der Waals surface area contributed by atoms with Crippen molar-refractivity contribution in [2.75, 3.05) is 13.1 Å². The number of fused-ring (bicyclic) bond motifs is 4. The first kappa shape index (κ1) is 18.3. The van der Waals surface area contributed by atoms with Gasteiger partial charge in [0.2, 0.25) is 5.91 Å². The second-order valence-corrected chi connectivity index (χ2v) is 8.57. The summed E-state index contributed by atoms with van der Waals surface area (Å²) in [5.74, 6) is 0.908. The fourth-order valence-electron chi connectivity index (χ4n) is 5.63. The Labute approximate surface area is 170 Å². The summed E-state index contributed by atoms with van der Waals surface area (Å²) in [7, 11) is 0. The molecule has 0 radical (unpaired) electrons. The van der Waals surface area contributed by atoms with Gasteiger partial charge in [-0.25, -0.2) is 4.98 Å². The Bertz CT molecular complexity index is 888. The lowest BCUT2D eigenvalue weighted by Crippen LogP contribution is -2.66. The van der Waals surface area contributed by atoms with Crippen molar-refractivity contribution in [3.8, 4) is 0 Å². The van der Waals surface area contributed by atoms with Crippen molar-refractivity contribution >= 4 is 11.8 Å². The first-order valence-corrected chi connectivity index (χ1v) is 10.6. The maximum Gasteiger partial charge on any atom is 0.274 e. The molecule has 3 aliphatic heterocycles. The first-order chi connectivity index (χ1) is 14.2. The summed E-state index contributed by atoms with van der Waals surface area (Å²) >= 11 is 0. The van der Waals surface area contributed by atoms with Crippen LogP contribution in [0.5, 0.6) is 0 Å². The average Bonchev–Trinajstić information content (AvgIpc) is 2.77. The molecule has 1 aromatic heterocycles. The summed E-state index contributed by atoms with van der Waals surface area (Å²) < 4.78 is 0. The first-order valence-electron chi connectivity index (χ1n) is 10.6. The molecule has 3 saturated heterocycles. The van der Waals surface area contributed by atoms with Crippen LogP contribution in [0.2, 0.25) is 0 Å². The van der Waals surface area contributed by atoms with Crippen LogP contribution >= 0.6 is 0 Å². The third kappa shape index (κ3) is 3.41. The standard InChI is InChI=1S/C23H26N4O2/c28-22-8-4-7-20-17-12-18(21(27(20)22)11-16-5-2-1-3-6-16)15-26(14-17)23(29)19-13-24-9-10-25-19/h1-3,5-6,9-10,13,17-18,20-21H,4,7-8,11-12,14-15H2/t17-,18+,20+,21+/m1/s1. The zero-order valence-corrected chi connectivity index (χ0v) is 16.5. The highest BCUT2D eigenvalue weighted by Crippen LogP contribution is 2.42. The molecule has 2 amide bonds. The van der Waals surface area contributed by atoms with Gasteiger partial charge in [0.05, 0.1) is 6.20 Å². The van der Waals surface area contributed by atoms with E-state index in [4.69, 9.17) is 0 Å². The van der Waals surface area contributed by atoms with Crippen molar-refractivity contribution in [3.05, 3.63) is 60.2 Å². The van der Waals surface area contributed by atoms with Crippen molar-refractivity contribution < 1.29 is 9.59 Å². The van der Waals surface area contributed by atoms with Crippen LogP contribution in [0.3, 0.4) is 0 Å². The molecule has 6 heteroatoms. The smallest absolute Gasteiger partial charge is 0.274 e. The van der Waals surface area contributed by atoms with Crippen LogP contribution in [-0.4, -0.2) is 56.8 Å². The SMILES string of the molecule is O=C(c1cnccn1)N1C[C@H]2C[C@@H](C1)[C@H](Cc1ccccc1)N1C(=O)CCC[C@@H]21. The molecule has 150 valence electrons. The van der Waals surface area contributed by atoms with Crippen LogP contribution < -0.4 is 0 Å². The molecule has 2 bridgehead atoms. The van der Waals surface area contributed by atoms with Gasteiger partial charge in [-0.3, -0.25) is 14.6 Å². The van der Waals surface area contributed by atoms with Crippen molar-refractivity contribution in [1.29, 1.82) is 0 Å². The van der Waals surface area contributed by atoms with Crippen LogP contribution in [0.1, 0.15) is 41.7 Å². The summed E-state index contributed by atoms with van der Waals surface area (Å²) in [6.07, 6.45) is 9.30. The van der Waals surface area contributed by atoms with Gasteiger partial charge in [0, 0.05) is 44.0 Å². The number of hydrogen-bond acceptors (Lipinski definition) is 4. The Hall–Kier alpha value is -2.76. The predicted molar refractivity (Wildman–Crippen MR) is 108 cm³/mol. The highest BCUT2D eigenvalue weighted by atomic mass is 16.2. The monoisotopic (exact) mass is 390 g/mol. The molecule has 0 spiro atoms. The number of rotatable bonds is 3. The molecule has 5 rings (SSSR count). The second kappa shape index (κ2) is 7.58. The fourth-order valence-corrected chi connectivity index (χ4v) is 5.63. The molecule has 1 aromatic carbocycles. The van der Waals surface area contributed by atoms with Gasteiger partial charge in [-0.05, 0) is 43.1 Å². The fraction of sp³-hybridized carbons (Fsp3) is 0.478. The largest absolute Gasteiger partial charge is 0.337 e. The molecule has 0 N–H and O–H groups in total. The number of carbonyl (C=O) groups is 2. The van der Waals surface area contributed by atoms with E-state index in [0.717, 1.165) is 25.7 Å². The lowest BCUT2D eigenvalue weighted by atomic mass is 9.70. The minimum Gasteiger partial charge on any atom is -0.337 e. The minimum atomic E-state index is -0.0400. The Kier molecular flexibility index (Phi) is 4.78. The molecule has 0 saturated carbocycles. The molecule has 0 unspecified atom stereocenters. The molecular weight excluding hydrogens is 364 g/mol. The van der Waals surface area contributed by atoms with Crippen LogP contribution in [0.15, 0.2) is 48.9 Å². The van der Waals surface area contributed by atoms with Gasteiger partial charge in [0.25, 0.3) is 5.91 Å². The van der Waals surface area contributed by atoms with E-state index in [0.29, 0.717) is 42.9 Å². The summed E-state index contributed by atoms with van der Waals surface area (Å²) in [6.45, 7) is 1.39. The number of piperidine rings is 3. The number of aromatic nitrogens is 2. The number of nitrogens with zero attached hydrogens (tertiary/aromatic N) is 4. The van der Waals surface area contributed by atoms with E-state index >= 15 is 0 Å². The van der Waals surface area contributed by atoms with Gasteiger partial charge < -0.3 is 9.80 Å². The number of benzene rings is 1. The highest BCUT2D eigenvalue weighted by Gasteiger charge is 2.50. The van der Waals surface area contributed by atoms with E-state index in [1.807, 2.05) is 11.0 Å². The predicted octanol–water partition coefficient (Wildman–Crippen LogP) is 2.56. The van der Waals surface area contributed by atoms with Crippen LogP contribution in [0.25, 0.3) is 0 Å². The Morgan fingerprint density at radius 2 is 1.93 bits per heavy atom. The van der Waals surface area contributed by atoms with E-state index in [9.17, 15) is 9.59 Å². The van der Waals surface area contributed by atoms with E-state index < -0.39 is 0 Å². The average molecular weight is 390 g/mol. The topological polar surface area (TPSA) is 66.4 Å². The van der Waals surface area contributed by atoms with E-state index in [2.05, 4.69) is 39.1 Å². The van der Waals surface area contributed by atoms with Crippen molar-refractivity contribution in [3.63, 3.8) is 0 Å². The molecule has 3 fully saturated rings. The van der Waals surface area contributed by atoms with Gasteiger partial charge in [-0.1, -0.05) is 30.3 Å². The maximum atomic E-state index is 13.1. The zero-order chi connectivity index (χ0) is 19.8. The third-order valence-electron chi connectivity index (χ3n) is 6.85. The summed E-state index contributed by atoms with van der Waals surface area (Å²) in [5, 5.41) is 0. The Morgan fingerprint density at radius 3 is 2.72 bits per heavy atom. The van der Waals surface area contributed by atoms with Crippen LogP contribution in [-0.2, 0) is 11.2 Å². The summed E-state index contributed by atoms with van der Waals surface area (Å²) in [5.41, 5.74) is 1.66. The van der Waals surface area contributed by atoms with Gasteiger partial charge in [0.15, 0.2) is 0 Å². The molecule has 29 heavy (non-hydrogen) atoms. The summed E-state index contributed by atoms with van der Waals surface area (Å²) in [4.78, 5) is 38.4. The Morgan fingerprint density at radius 1 is 1.10 bits per heavy atom. The van der Waals surface area contributed by atoms with Gasteiger partial charge in [0.1, 0.15) is 5.69 Å². The molecule has 2 aromatic rings. The van der Waals surface area contributed by atoms with Gasteiger partial charge >= 0.3 is 0 Å². The number of amides is 2. The van der Waals surface area contributed by atoms with E-state index in [1.54, 1.807) is 18.6 Å². The number of likely N-dealkylation sites (tertiary alicyclic amines) is 1. The second-order valence-electron chi connectivity index (χ2n) is 8.57.